The van der Waals surface area contributed by atoms with Crippen molar-refractivity contribution in [2.45, 2.75) is 43.3 Å². The first kappa shape index (κ1) is 19.7. The number of rotatable bonds is 9. The van der Waals surface area contributed by atoms with Crippen LogP contribution in [0.5, 0.6) is 0 Å². The number of hydrogen-bond donors (Lipinski definition) is 2. The van der Waals surface area contributed by atoms with Crippen molar-refractivity contribution in [1.29, 1.82) is 0 Å². The molecule has 0 aliphatic rings. The van der Waals surface area contributed by atoms with E-state index in [-0.39, 0.29) is 4.90 Å². The zero-order chi connectivity index (χ0) is 18.4. The topological polar surface area (TPSA) is 117 Å². The van der Waals surface area contributed by atoms with E-state index in [1.807, 2.05) is 6.26 Å². The summed E-state index contributed by atoms with van der Waals surface area (Å²) >= 11 is 1.61. The second-order valence-corrected chi connectivity index (χ2v) is 8.46. The molecular formula is C15H25N6O2S2+. The van der Waals surface area contributed by atoms with E-state index in [2.05, 4.69) is 38.9 Å². The van der Waals surface area contributed by atoms with E-state index in [0.29, 0.717) is 5.92 Å². The standard InChI is InChI=1S/C15H24N6O2S2/c1-11(2)10-21-14(19-20-15(21)24-3)5-4-8-17-13-7-6-12(9-18-13)25(16,22)23/h6-7,9,11H,4-5,8,10H2,1-3H3,(H,17,18)(H2,16,22,23)/p+1. The Balaban J connectivity index is 1.88. The van der Waals surface area contributed by atoms with Crippen molar-refractivity contribution in [3.63, 3.8) is 0 Å². The maximum atomic E-state index is 11.2. The lowest BCUT2D eigenvalue weighted by Gasteiger charge is -2.11. The molecule has 2 rings (SSSR count). The van der Waals surface area contributed by atoms with Crippen molar-refractivity contribution in [3.8, 4) is 0 Å². The van der Waals surface area contributed by atoms with Crippen LogP contribution in [-0.4, -0.2) is 36.0 Å². The number of hydrogen-bond acceptors (Lipinski definition) is 6. The summed E-state index contributed by atoms with van der Waals surface area (Å²) in [4.78, 5) is 2.95. The molecule has 0 fully saturated rings. The van der Waals surface area contributed by atoms with Gasteiger partial charge in [-0.15, -0.1) is 10.2 Å². The Hall–Kier alpha value is -1.65. The molecule has 2 aromatic rings. The molecule has 0 unspecified atom stereocenters. The molecule has 10 heteroatoms. The van der Waals surface area contributed by atoms with Crippen LogP contribution in [0.3, 0.4) is 0 Å². The number of H-pyrrole nitrogens is 1. The fraction of sp³-hybridized carbons (Fsp3) is 0.533. The molecule has 2 aromatic heterocycles. The molecule has 0 bridgehead atoms. The average Bonchev–Trinajstić information content (AvgIpc) is 2.92. The fourth-order valence-electron chi connectivity index (χ4n) is 2.37. The van der Waals surface area contributed by atoms with Gasteiger partial charge in [0, 0.05) is 19.0 Å². The molecule has 0 aliphatic heterocycles. The number of nitrogens with two attached hydrogens (primary N) is 1. The Morgan fingerprint density at radius 1 is 1.36 bits per heavy atom. The van der Waals surface area contributed by atoms with Gasteiger partial charge >= 0.3 is 0 Å². The van der Waals surface area contributed by atoms with Gasteiger partial charge in [0.2, 0.25) is 10.0 Å². The van der Waals surface area contributed by atoms with E-state index in [1.165, 1.54) is 12.3 Å². The third-order valence-electron chi connectivity index (χ3n) is 3.53. The first-order valence-electron chi connectivity index (χ1n) is 8.05. The fourth-order valence-corrected chi connectivity index (χ4v) is 3.37. The van der Waals surface area contributed by atoms with Crippen molar-refractivity contribution >= 4 is 27.6 Å². The van der Waals surface area contributed by atoms with Crippen LogP contribution in [0.15, 0.2) is 28.4 Å². The summed E-state index contributed by atoms with van der Waals surface area (Å²) in [6, 6.07) is 3.13. The number of nitrogens with zero attached hydrogens (tertiary/aromatic N) is 3. The maximum absolute atomic E-state index is 11.2. The molecule has 0 saturated carbocycles. The molecule has 0 saturated heterocycles. The van der Waals surface area contributed by atoms with Gasteiger partial charge in [0.1, 0.15) is 16.9 Å². The molecule has 4 N–H and O–H groups in total. The zero-order valence-electron chi connectivity index (χ0n) is 14.7. The van der Waals surface area contributed by atoms with E-state index >= 15 is 0 Å². The van der Waals surface area contributed by atoms with Gasteiger partial charge in [0.05, 0.1) is 6.54 Å². The van der Waals surface area contributed by atoms with Gasteiger partial charge in [0.15, 0.2) is 5.16 Å². The lowest BCUT2D eigenvalue weighted by Crippen LogP contribution is -2.19. The highest BCUT2D eigenvalue weighted by atomic mass is 32.2. The first-order valence-corrected chi connectivity index (χ1v) is 10.8. The predicted octanol–water partition coefficient (Wildman–Crippen LogP) is 1.16. The number of anilines is 1. The number of nitrogens with one attached hydrogen (secondary N) is 2. The maximum Gasteiger partial charge on any atom is 0.272 e. The summed E-state index contributed by atoms with van der Waals surface area (Å²) < 4.78 is 24.6. The van der Waals surface area contributed by atoms with Crippen LogP contribution in [-0.2, 0) is 23.0 Å². The molecular weight excluding hydrogens is 360 g/mol. The van der Waals surface area contributed by atoms with Crippen molar-refractivity contribution in [2.75, 3.05) is 18.1 Å². The van der Waals surface area contributed by atoms with Crippen LogP contribution in [0.2, 0.25) is 0 Å². The number of sulfonamides is 1. The zero-order valence-corrected chi connectivity index (χ0v) is 16.3. The van der Waals surface area contributed by atoms with Gasteiger partial charge in [-0.1, -0.05) is 25.6 Å². The van der Waals surface area contributed by atoms with Crippen molar-refractivity contribution in [1.82, 2.24) is 14.8 Å². The first-order chi connectivity index (χ1) is 11.8. The van der Waals surface area contributed by atoms with Crippen molar-refractivity contribution in [2.24, 2.45) is 11.1 Å². The number of aromatic nitrogens is 4. The second kappa shape index (κ2) is 8.63. The highest BCUT2D eigenvalue weighted by Crippen LogP contribution is 2.16. The summed E-state index contributed by atoms with van der Waals surface area (Å²) in [6.07, 6.45) is 5.09. The highest BCUT2D eigenvalue weighted by molar-refractivity contribution is 7.98. The monoisotopic (exact) mass is 385 g/mol. The van der Waals surface area contributed by atoms with E-state index in [4.69, 9.17) is 5.14 Å². The summed E-state index contributed by atoms with van der Waals surface area (Å²) in [5.74, 6) is 2.26. The summed E-state index contributed by atoms with van der Waals surface area (Å²) in [7, 11) is -3.67. The molecule has 0 aromatic carbocycles. The van der Waals surface area contributed by atoms with E-state index in [1.54, 1.807) is 17.8 Å². The number of aromatic amines is 1. The van der Waals surface area contributed by atoms with Gasteiger partial charge in [-0.25, -0.2) is 18.5 Å². The minimum atomic E-state index is -3.67. The van der Waals surface area contributed by atoms with E-state index in [0.717, 1.165) is 42.7 Å². The number of primary sulfonamides is 1. The molecule has 25 heavy (non-hydrogen) atoms. The number of pyridine rings is 1. The van der Waals surface area contributed by atoms with Crippen LogP contribution in [0.4, 0.5) is 5.82 Å². The molecule has 0 amide bonds. The van der Waals surface area contributed by atoms with Gasteiger partial charge in [-0.05, 0) is 24.7 Å². The second-order valence-electron chi connectivity index (χ2n) is 6.12. The lowest BCUT2D eigenvalue weighted by molar-refractivity contribution is -0.364. The van der Waals surface area contributed by atoms with Crippen molar-refractivity contribution in [3.05, 3.63) is 24.2 Å². The number of aryl methyl sites for hydroxylation is 1. The number of thioether (sulfide) groups is 1. The summed E-state index contributed by atoms with van der Waals surface area (Å²) in [5, 5.41) is 17.8. The van der Waals surface area contributed by atoms with Gasteiger partial charge in [-0.3, -0.25) is 5.32 Å². The Labute approximate surface area is 152 Å². The van der Waals surface area contributed by atoms with E-state index < -0.39 is 10.0 Å². The van der Waals surface area contributed by atoms with Crippen LogP contribution >= 0.6 is 11.8 Å². The third-order valence-corrected chi connectivity index (χ3v) is 5.11. The smallest absolute Gasteiger partial charge is 0.272 e. The van der Waals surface area contributed by atoms with Crippen molar-refractivity contribution < 1.29 is 13.4 Å². The van der Waals surface area contributed by atoms with Gasteiger partial charge < -0.3 is 4.57 Å². The third kappa shape index (κ3) is 5.68. The van der Waals surface area contributed by atoms with Crippen LogP contribution in [0, 0.1) is 5.92 Å². The Morgan fingerprint density at radius 3 is 2.68 bits per heavy atom. The van der Waals surface area contributed by atoms with Gasteiger partial charge in [0.25, 0.3) is 5.82 Å². The molecule has 0 aliphatic carbocycles. The normalized spacial score (nSPS) is 11.9. The van der Waals surface area contributed by atoms with Crippen LogP contribution in [0.25, 0.3) is 0 Å². The SMILES string of the molecule is CSc1nnc(CCCNc2ccc(S(N)(=O)=O)c[nH+]2)n1CC(C)C. The van der Waals surface area contributed by atoms with Crippen LogP contribution < -0.4 is 15.4 Å². The molecule has 8 nitrogen and oxygen atoms in total. The molecule has 2 heterocycles. The average molecular weight is 386 g/mol. The predicted molar refractivity (Wildman–Crippen MR) is 97.8 cm³/mol. The lowest BCUT2D eigenvalue weighted by atomic mass is 10.2. The molecule has 138 valence electrons. The summed E-state index contributed by atoms with van der Waals surface area (Å²) in [5.41, 5.74) is 0. The molecule has 0 atom stereocenters. The molecule has 0 radical (unpaired) electrons. The Kier molecular flexibility index (Phi) is 6.79. The minimum Gasteiger partial charge on any atom is -0.306 e. The minimum absolute atomic E-state index is 0.0597. The van der Waals surface area contributed by atoms with E-state index in [9.17, 15) is 8.42 Å². The molecule has 0 spiro atoms. The van der Waals surface area contributed by atoms with Gasteiger partial charge in [-0.2, -0.15) is 0 Å². The highest BCUT2D eigenvalue weighted by Gasteiger charge is 2.13. The van der Waals surface area contributed by atoms with Crippen LogP contribution in [0.1, 0.15) is 26.1 Å². The quantitative estimate of drug-likeness (QED) is 0.494. The largest absolute Gasteiger partial charge is 0.306 e. The Morgan fingerprint density at radius 2 is 2.12 bits per heavy atom. The summed E-state index contributed by atoms with van der Waals surface area (Å²) in [6.45, 7) is 6.00. The Bertz CT molecular complexity index is 787.